The minimum absolute atomic E-state index is 0.208. The molecule has 1 rings (SSSR count). The predicted octanol–water partition coefficient (Wildman–Crippen LogP) is 3.58. The van der Waals surface area contributed by atoms with E-state index in [0.29, 0.717) is 11.8 Å². The van der Waals surface area contributed by atoms with Crippen molar-refractivity contribution < 1.29 is 36.6 Å². The fourth-order valence-electron chi connectivity index (χ4n) is 2.73. The summed E-state index contributed by atoms with van der Waals surface area (Å²) in [6.07, 6.45) is -2.34. The van der Waals surface area contributed by atoms with E-state index in [1.54, 1.807) is 0 Å². The molecule has 0 amide bonds. The van der Waals surface area contributed by atoms with Gasteiger partial charge in [0.25, 0.3) is 0 Å². The SMILES string of the molecule is CC1CC(C)CC(OC(=O)CCC(=O)OCC(F)(F)C(F)F)C1. The Morgan fingerprint density at radius 2 is 1.57 bits per heavy atom. The maximum absolute atomic E-state index is 12.6. The second-order valence-corrected chi connectivity index (χ2v) is 6.25. The predicted molar refractivity (Wildman–Crippen MR) is 73.2 cm³/mol. The second-order valence-electron chi connectivity index (χ2n) is 6.25. The monoisotopic (exact) mass is 342 g/mol. The summed E-state index contributed by atoms with van der Waals surface area (Å²) in [6, 6.07) is 0. The lowest BCUT2D eigenvalue weighted by Crippen LogP contribution is -2.33. The number of halogens is 4. The molecule has 8 heteroatoms. The van der Waals surface area contributed by atoms with Crippen LogP contribution in [0.5, 0.6) is 0 Å². The molecule has 134 valence electrons. The first-order valence-corrected chi connectivity index (χ1v) is 7.61. The minimum Gasteiger partial charge on any atom is -0.462 e. The van der Waals surface area contributed by atoms with Gasteiger partial charge in [0.1, 0.15) is 6.10 Å². The van der Waals surface area contributed by atoms with E-state index in [1.807, 2.05) is 0 Å². The molecule has 1 aliphatic rings. The summed E-state index contributed by atoms with van der Waals surface area (Å²) < 4.78 is 58.2. The first-order valence-electron chi connectivity index (χ1n) is 7.61. The fourth-order valence-corrected chi connectivity index (χ4v) is 2.73. The summed E-state index contributed by atoms with van der Waals surface area (Å²) in [6.45, 7) is 2.43. The van der Waals surface area contributed by atoms with Gasteiger partial charge in [0, 0.05) is 0 Å². The first-order chi connectivity index (χ1) is 10.6. The first kappa shape index (κ1) is 19.7. The van der Waals surface area contributed by atoms with Gasteiger partial charge in [0.2, 0.25) is 0 Å². The highest BCUT2D eigenvalue weighted by Gasteiger charge is 2.42. The highest BCUT2D eigenvalue weighted by atomic mass is 19.3. The van der Waals surface area contributed by atoms with Gasteiger partial charge in [-0.15, -0.1) is 0 Å². The zero-order valence-electron chi connectivity index (χ0n) is 13.2. The Balaban J connectivity index is 2.26. The average molecular weight is 342 g/mol. The van der Waals surface area contributed by atoms with Gasteiger partial charge in [0.05, 0.1) is 12.8 Å². The third-order valence-corrected chi connectivity index (χ3v) is 3.71. The van der Waals surface area contributed by atoms with Crippen LogP contribution in [-0.4, -0.2) is 37.0 Å². The van der Waals surface area contributed by atoms with Gasteiger partial charge in [-0.25, -0.2) is 8.78 Å². The van der Waals surface area contributed by atoms with Gasteiger partial charge in [0.15, 0.2) is 6.61 Å². The maximum atomic E-state index is 12.6. The number of hydrogen-bond donors (Lipinski definition) is 0. The molecule has 0 radical (unpaired) electrons. The van der Waals surface area contributed by atoms with Crippen LogP contribution in [0, 0.1) is 11.8 Å². The normalized spacial score (nSPS) is 25.3. The van der Waals surface area contributed by atoms with E-state index in [2.05, 4.69) is 18.6 Å². The Morgan fingerprint density at radius 3 is 2.09 bits per heavy atom. The summed E-state index contributed by atoms with van der Waals surface area (Å²) in [5.74, 6) is -5.25. The molecule has 2 unspecified atom stereocenters. The van der Waals surface area contributed by atoms with Crippen LogP contribution in [0.4, 0.5) is 17.6 Å². The molecule has 2 atom stereocenters. The van der Waals surface area contributed by atoms with E-state index in [9.17, 15) is 27.2 Å². The summed E-state index contributed by atoms with van der Waals surface area (Å²) in [5, 5.41) is 0. The van der Waals surface area contributed by atoms with Crippen molar-refractivity contribution in [2.75, 3.05) is 6.61 Å². The van der Waals surface area contributed by atoms with E-state index < -0.39 is 37.3 Å². The Morgan fingerprint density at radius 1 is 1.04 bits per heavy atom. The quantitative estimate of drug-likeness (QED) is 0.524. The number of alkyl halides is 4. The topological polar surface area (TPSA) is 52.6 Å². The molecule has 1 fully saturated rings. The number of rotatable bonds is 7. The van der Waals surface area contributed by atoms with Gasteiger partial charge < -0.3 is 9.47 Å². The molecular weight excluding hydrogens is 320 g/mol. The number of hydrogen-bond acceptors (Lipinski definition) is 4. The van der Waals surface area contributed by atoms with Crippen LogP contribution in [0.2, 0.25) is 0 Å². The minimum atomic E-state index is -4.38. The van der Waals surface area contributed by atoms with Crippen LogP contribution in [0.15, 0.2) is 0 Å². The zero-order valence-corrected chi connectivity index (χ0v) is 13.2. The molecule has 1 aliphatic carbocycles. The molecule has 0 spiro atoms. The smallest absolute Gasteiger partial charge is 0.340 e. The van der Waals surface area contributed by atoms with Crippen molar-refractivity contribution >= 4 is 11.9 Å². The van der Waals surface area contributed by atoms with Crippen molar-refractivity contribution in [2.24, 2.45) is 11.8 Å². The van der Waals surface area contributed by atoms with Crippen molar-refractivity contribution in [1.82, 2.24) is 0 Å². The fraction of sp³-hybridized carbons (Fsp3) is 0.867. The molecular formula is C15H22F4O4. The molecule has 1 saturated carbocycles. The van der Waals surface area contributed by atoms with Gasteiger partial charge in [-0.3, -0.25) is 9.59 Å². The lowest BCUT2D eigenvalue weighted by molar-refractivity contribution is -0.180. The van der Waals surface area contributed by atoms with E-state index in [0.717, 1.165) is 19.3 Å². The van der Waals surface area contributed by atoms with Gasteiger partial charge in [-0.05, 0) is 31.1 Å². The number of carbonyl (C=O) groups is 2. The van der Waals surface area contributed by atoms with E-state index in [-0.39, 0.29) is 12.5 Å². The Hall–Kier alpha value is -1.34. The Kier molecular flexibility index (Phi) is 7.28. The maximum Gasteiger partial charge on any atom is 0.340 e. The van der Waals surface area contributed by atoms with Gasteiger partial charge in [-0.2, -0.15) is 8.78 Å². The van der Waals surface area contributed by atoms with Gasteiger partial charge in [-0.1, -0.05) is 13.8 Å². The van der Waals surface area contributed by atoms with E-state index >= 15 is 0 Å². The molecule has 4 nitrogen and oxygen atoms in total. The highest BCUT2D eigenvalue weighted by molar-refractivity contribution is 5.77. The van der Waals surface area contributed by atoms with Crippen LogP contribution >= 0.6 is 0 Å². The molecule has 0 aromatic heterocycles. The van der Waals surface area contributed by atoms with Crippen molar-refractivity contribution in [3.8, 4) is 0 Å². The Labute approximate surface area is 132 Å². The van der Waals surface area contributed by atoms with Crippen molar-refractivity contribution in [2.45, 2.75) is 64.4 Å². The van der Waals surface area contributed by atoms with E-state index in [4.69, 9.17) is 4.74 Å². The summed E-state index contributed by atoms with van der Waals surface area (Å²) in [4.78, 5) is 22.8. The molecule has 0 N–H and O–H groups in total. The zero-order chi connectivity index (χ0) is 17.6. The second kappa shape index (κ2) is 8.49. The molecule has 0 aliphatic heterocycles. The number of carbonyl (C=O) groups excluding carboxylic acids is 2. The van der Waals surface area contributed by atoms with Gasteiger partial charge >= 0.3 is 24.3 Å². The van der Waals surface area contributed by atoms with Crippen LogP contribution in [0.1, 0.15) is 46.0 Å². The average Bonchev–Trinajstić information content (AvgIpc) is 2.41. The summed E-state index contributed by atoms with van der Waals surface area (Å²) in [7, 11) is 0. The van der Waals surface area contributed by atoms with E-state index in [1.165, 1.54) is 0 Å². The van der Waals surface area contributed by atoms with Crippen molar-refractivity contribution in [3.05, 3.63) is 0 Å². The summed E-state index contributed by atoms with van der Waals surface area (Å²) in [5.41, 5.74) is 0. The lowest BCUT2D eigenvalue weighted by Gasteiger charge is -2.31. The number of ether oxygens (including phenoxy) is 2. The standard InChI is InChI=1S/C15H22F4O4/c1-9-5-10(2)7-11(6-9)23-13(21)4-3-12(20)22-8-15(18,19)14(16)17/h9-11,14H,3-8H2,1-2H3. The number of esters is 2. The molecule has 0 heterocycles. The van der Waals surface area contributed by atoms with Crippen LogP contribution in [-0.2, 0) is 19.1 Å². The van der Waals surface area contributed by atoms with Crippen molar-refractivity contribution in [1.29, 1.82) is 0 Å². The molecule has 0 saturated heterocycles. The molecule has 0 bridgehead atoms. The van der Waals surface area contributed by atoms with Crippen molar-refractivity contribution in [3.63, 3.8) is 0 Å². The molecule has 0 aromatic carbocycles. The lowest BCUT2D eigenvalue weighted by atomic mass is 9.82. The van der Waals surface area contributed by atoms with Crippen LogP contribution < -0.4 is 0 Å². The molecule has 23 heavy (non-hydrogen) atoms. The third kappa shape index (κ3) is 7.18. The largest absolute Gasteiger partial charge is 0.462 e. The summed E-state index contributed by atoms with van der Waals surface area (Å²) >= 11 is 0. The third-order valence-electron chi connectivity index (χ3n) is 3.71. The highest BCUT2D eigenvalue weighted by Crippen LogP contribution is 2.30. The van der Waals surface area contributed by atoms with Crippen LogP contribution in [0.3, 0.4) is 0 Å². The molecule has 0 aromatic rings. The van der Waals surface area contributed by atoms with Crippen LogP contribution in [0.25, 0.3) is 0 Å². The Bertz CT molecular complexity index is 404.